The summed E-state index contributed by atoms with van der Waals surface area (Å²) < 4.78 is 72.8. The van der Waals surface area contributed by atoms with Crippen LogP contribution in [0.5, 0.6) is 0 Å². The Hall–Kier alpha value is 0.0613. The summed E-state index contributed by atoms with van der Waals surface area (Å²) in [6, 6.07) is 7.21. The molecule has 0 aliphatic heterocycles. The summed E-state index contributed by atoms with van der Waals surface area (Å²) in [4.78, 5) is 0. The van der Waals surface area contributed by atoms with Gasteiger partial charge in [-0.1, -0.05) is 24.1 Å². The van der Waals surface area contributed by atoms with Crippen molar-refractivity contribution in [1.29, 1.82) is 0 Å². The molecule has 0 aromatic heterocycles. The van der Waals surface area contributed by atoms with Crippen molar-refractivity contribution in [3.8, 4) is 11.8 Å². The van der Waals surface area contributed by atoms with E-state index in [1.165, 1.54) is 30.2 Å². The third kappa shape index (κ3) is 5.80. The molecule has 0 bridgehead atoms. The van der Waals surface area contributed by atoms with Gasteiger partial charge in [-0.15, -0.1) is 5.92 Å². The fourth-order valence-electron chi connectivity index (χ4n) is 1.07. The van der Waals surface area contributed by atoms with Crippen molar-refractivity contribution in [3.63, 3.8) is 0 Å². The summed E-state index contributed by atoms with van der Waals surface area (Å²) in [7, 11) is 0. The van der Waals surface area contributed by atoms with Crippen molar-refractivity contribution in [2.24, 2.45) is 0 Å². The van der Waals surface area contributed by atoms with Crippen LogP contribution >= 0.6 is 0 Å². The van der Waals surface area contributed by atoms with Crippen molar-refractivity contribution < 1.29 is 77.5 Å². The number of benzene rings is 1. The van der Waals surface area contributed by atoms with E-state index in [0.29, 0.717) is 0 Å². The first kappa shape index (κ1) is 18.1. The van der Waals surface area contributed by atoms with Crippen molar-refractivity contribution in [3.05, 3.63) is 35.9 Å². The maximum absolute atomic E-state index is 12.2. The third-order valence-corrected chi connectivity index (χ3v) is 1.88. The summed E-state index contributed by atoms with van der Waals surface area (Å²) >= 11 is 0. The van der Waals surface area contributed by atoms with Crippen LogP contribution in [0.2, 0.25) is 5.82 Å². The van der Waals surface area contributed by atoms with Crippen molar-refractivity contribution in [2.45, 2.75) is 12.0 Å². The monoisotopic (exact) mass is 290 g/mol. The fraction of sp³-hybridized carbons (Fsp3) is 0.200. The van der Waals surface area contributed by atoms with Gasteiger partial charge in [0.15, 0.2) is 0 Å². The zero-order valence-electron chi connectivity index (χ0n) is 9.31. The van der Waals surface area contributed by atoms with Gasteiger partial charge in [-0.2, -0.15) is 13.2 Å². The quantitative estimate of drug-likeness (QED) is 0.408. The van der Waals surface area contributed by atoms with Gasteiger partial charge < -0.3 is 12.9 Å². The SMILES string of the molecule is F[B-](F)(F)C(C#Cc1ccccc1)C(F)(F)F.[K+]. The molecule has 0 heterocycles. The molecular weight excluding hydrogens is 284 g/mol. The molecule has 92 valence electrons. The van der Waals surface area contributed by atoms with Crippen LogP contribution in [0.25, 0.3) is 0 Å². The summed E-state index contributed by atoms with van der Waals surface area (Å²) in [6.45, 7) is -6.07. The summed E-state index contributed by atoms with van der Waals surface area (Å²) in [6.07, 6.45) is -5.39. The predicted octanol–water partition coefficient (Wildman–Crippen LogP) is 0.822. The van der Waals surface area contributed by atoms with E-state index in [0.717, 1.165) is 0 Å². The van der Waals surface area contributed by atoms with Gasteiger partial charge in [0.2, 0.25) is 0 Å². The molecule has 0 nitrogen and oxygen atoms in total. The maximum Gasteiger partial charge on any atom is 1.00 e. The predicted molar refractivity (Wildman–Crippen MR) is 52.2 cm³/mol. The molecule has 0 saturated heterocycles. The summed E-state index contributed by atoms with van der Waals surface area (Å²) in [5.74, 6) is -0.426. The smallest absolute Gasteiger partial charge is 0.448 e. The molecule has 0 saturated carbocycles. The molecule has 8 heteroatoms. The zero-order valence-corrected chi connectivity index (χ0v) is 12.4. The molecule has 0 radical (unpaired) electrons. The van der Waals surface area contributed by atoms with Crippen LogP contribution in [-0.2, 0) is 0 Å². The Labute approximate surface area is 143 Å². The molecule has 1 aromatic carbocycles. The van der Waals surface area contributed by atoms with Crippen LogP contribution < -0.4 is 51.4 Å². The zero-order chi connectivity index (χ0) is 13.1. The van der Waals surface area contributed by atoms with Crippen molar-refractivity contribution in [2.75, 3.05) is 0 Å². The Balaban J connectivity index is 0.00000289. The molecule has 0 aliphatic carbocycles. The van der Waals surface area contributed by atoms with E-state index in [4.69, 9.17) is 0 Å². The number of hydrogen-bond acceptors (Lipinski definition) is 0. The number of hydrogen-bond donors (Lipinski definition) is 0. The minimum absolute atomic E-state index is 0. The van der Waals surface area contributed by atoms with Crippen LogP contribution in [0.15, 0.2) is 30.3 Å². The molecule has 1 rings (SSSR count). The standard InChI is InChI=1S/C10H6BF6.K/c12-10(13,14)9(11(15,16)17)7-6-8-4-2-1-3-5-8;/h1-5,9H;/q-1;+1. The first-order chi connectivity index (χ1) is 7.71. The molecule has 0 aliphatic rings. The molecule has 0 fully saturated rings. The molecule has 0 spiro atoms. The van der Waals surface area contributed by atoms with Gasteiger partial charge in [-0.3, -0.25) is 0 Å². The van der Waals surface area contributed by atoms with Crippen LogP contribution in [0.3, 0.4) is 0 Å². The molecule has 18 heavy (non-hydrogen) atoms. The minimum atomic E-state index is -6.07. The van der Waals surface area contributed by atoms with E-state index in [1.54, 1.807) is 6.07 Å². The average molecular weight is 290 g/mol. The largest absolute Gasteiger partial charge is 1.00 e. The minimum Gasteiger partial charge on any atom is -0.448 e. The van der Waals surface area contributed by atoms with E-state index < -0.39 is 19.0 Å². The van der Waals surface area contributed by atoms with Crippen molar-refractivity contribution >= 4 is 6.98 Å². The fourth-order valence-corrected chi connectivity index (χ4v) is 1.07. The Morgan fingerprint density at radius 2 is 1.50 bits per heavy atom. The second-order valence-corrected chi connectivity index (χ2v) is 3.28. The summed E-state index contributed by atoms with van der Waals surface area (Å²) in [5, 5.41) is 0. The van der Waals surface area contributed by atoms with Gasteiger partial charge in [0.05, 0.1) is 5.82 Å². The Morgan fingerprint density at radius 3 is 1.89 bits per heavy atom. The van der Waals surface area contributed by atoms with Crippen LogP contribution in [0, 0.1) is 11.8 Å². The topological polar surface area (TPSA) is 0 Å². The molecule has 1 aromatic rings. The van der Waals surface area contributed by atoms with Gasteiger partial charge in [-0.05, 0) is 12.1 Å². The molecule has 0 N–H and O–H groups in total. The average Bonchev–Trinajstić information content (AvgIpc) is 2.15. The van der Waals surface area contributed by atoms with Crippen molar-refractivity contribution in [1.82, 2.24) is 0 Å². The van der Waals surface area contributed by atoms with Gasteiger partial charge in [0.1, 0.15) is 0 Å². The number of rotatable bonds is 1. The van der Waals surface area contributed by atoms with E-state index in [1.807, 2.05) is 5.92 Å². The van der Waals surface area contributed by atoms with Gasteiger partial charge >= 0.3 is 64.5 Å². The van der Waals surface area contributed by atoms with Gasteiger partial charge in [-0.25, -0.2) is 0 Å². The first-order valence-electron chi connectivity index (χ1n) is 4.54. The van der Waals surface area contributed by atoms with Crippen LogP contribution in [0.4, 0.5) is 26.1 Å². The molecular formula is C10H6BF6K. The Bertz CT molecular complexity index is 414. The normalized spacial score (nSPS) is 13.0. The maximum atomic E-state index is 12.2. The van der Waals surface area contributed by atoms with Crippen LogP contribution in [0.1, 0.15) is 5.56 Å². The van der Waals surface area contributed by atoms with E-state index in [2.05, 4.69) is 0 Å². The molecule has 1 unspecified atom stereocenters. The van der Waals surface area contributed by atoms with Gasteiger partial charge in [0, 0.05) is 5.56 Å². The number of alkyl halides is 3. The van der Waals surface area contributed by atoms with Gasteiger partial charge in [0.25, 0.3) is 0 Å². The molecule has 0 amide bonds. The van der Waals surface area contributed by atoms with Crippen LogP contribution in [-0.4, -0.2) is 13.2 Å². The van der Waals surface area contributed by atoms with E-state index in [9.17, 15) is 26.1 Å². The second-order valence-electron chi connectivity index (χ2n) is 3.28. The second kappa shape index (κ2) is 7.01. The first-order valence-corrected chi connectivity index (χ1v) is 4.54. The summed E-state index contributed by atoms with van der Waals surface area (Å²) in [5.41, 5.74) is 0.113. The Morgan fingerprint density at radius 1 is 1.00 bits per heavy atom. The third-order valence-electron chi connectivity index (χ3n) is 1.88. The molecule has 1 atom stereocenters. The van der Waals surface area contributed by atoms with E-state index in [-0.39, 0.29) is 56.9 Å². The van der Waals surface area contributed by atoms with E-state index >= 15 is 0 Å². The number of halogens is 6. The Kier molecular flexibility index (Phi) is 7.03.